The third-order valence-electron chi connectivity index (χ3n) is 6.42. The van der Waals surface area contributed by atoms with Gasteiger partial charge in [0, 0.05) is 16.6 Å². The molecule has 0 atom stereocenters. The summed E-state index contributed by atoms with van der Waals surface area (Å²) in [6, 6.07) is 4.34. The molecule has 2 nitrogen and oxygen atoms in total. The van der Waals surface area contributed by atoms with E-state index in [0.29, 0.717) is 5.75 Å². The molecule has 2 rings (SSSR count). The van der Waals surface area contributed by atoms with Crippen molar-refractivity contribution in [2.45, 2.75) is 107 Å². The van der Waals surface area contributed by atoms with Gasteiger partial charge in [-0.25, -0.2) is 0 Å². The quantitative estimate of drug-likeness (QED) is 0.507. The van der Waals surface area contributed by atoms with Gasteiger partial charge in [-0.05, 0) is 44.8 Å². The van der Waals surface area contributed by atoms with E-state index in [-0.39, 0.29) is 32.9 Å². The molecule has 1 aliphatic carbocycles. The number of benzene rings is 1. The van der Waals surface area contributed by atoms with Crippen molar-refractivity contribution in [1.82, 2.24) is 0 Å². The van der Waals surface area contributed by atoms with Crippen molar-refractivity contribution in [2.75, 3.05) is 0 Å². The lowest BCUT2D eigenvalue weighted by Crippen LogP contribution is -2.33. The van der Waals surface area contributed by atoms with Gasteiger partial charge in [0.05, 0.1) is 0 Å². The maximum absolute atomic E-state index is 13.4. The topological polar surface area (TPSA) is 37.3 Å². The number of ketones is 1. The molecule has 0 amide bonds. The molecule has 0 saturated carbocycles. The fourth-order valence-electron chi connectivity index (χ4n) is 4.57. The second kappa shape index (κ2) is 7.89. The Labute approximate surface area is 197 Å². The SMILES string of the molecule is CC1(Cc2cc(C(C)(C)C)c(O)c(C(C)(C)C)c2)C=C(C(C)(C)C)C(=O)C(C(C)(C)C)=C1. The Balaban J connectivity index is 2.74. The van der Waals surface area contributed by atoms with Gasteiger partial charge in [-0.15, -0.1) is 0 Å². The number of carbonyl (C=O) groups excluding carboxylic acids is 1. The summed E-state index contributed by atoms with van der Waals surface area (Å²) in [7, 11) is 0. The predicted molar refractivity (Wildman–Crippen MR) is 137 cm³/mol. The predicted octanol–water partition coefficient (Wildman–Crippen LogP) is 8.06. The summed E-state index contributed by atoms with van der Waals surface area (Å²) in [4.78, 5) is 13.4. The van der Waals surface area contributed by atoms with Crippen LogP contribution in [0.25, 0.3) is 0 Å². The molecule has 0 unspecified atom stereocenters. The Morgan fingerprint density at radius 1 is 0.688 bits per heavy atom. The van der Waals surface area contributed by atoms with E-state index in [1.807, 2.05) is 0 Å². The summed E-state index contributed by atoms with van der Waals surface area (Å²) in [5.74, 6) is 0.591. The van der Waals surface area contributed by atoms with E-state index in [1.54, 1.807) is 0 Å². The lowest BCUT2D eigenvalue weighted by atomic mass is 9.65. The smallest absolute Gasteiger partial charge is 0.185 e. The average molecular weight is 439 g/mol. The number of hydrogen-bond acceptors (Lipinski definition) is 2. The maximum atomic E-state index is 13.4. The number of aromatic hydroxyl groups is 1. The van der Waals surface area contributed by atoms with Crippen LogP contribution >= 0.6 is 0 Å². The Kier molecular flexibility index (Phi) is 6.51. The van der Waals surface area contributed by atoms with Crippen molar-refractivity contribution in [3.05, 3.63) is 52.1 Å². The van der Waals surface area contributed by atoms with Crippen LogP contribution in [0.5, 0.6) is 5.75 Å². The zero-order valence-corrected chi connectivity index (χ0v) is 22.9. The second-order valence-electron chi connectivity index (χ2n) is 14.2. The van der Waals surface area contributed by atoms with Crippen molar-refractivity contribution in [3.8, 4) is 5.75 Å². The fraction of sp³-hybridized carbons (Fsp3) is 0.633. The maximum Gasteiger partial charge on any atom is 0.185 e. The molecule has 1 aromatic carbocycles. The number of allylic oxidation sites excluding steroid dienone is 4. The van der Waals surface area contributed by atoms with Gasteiger partial charge in [0.25, 0.3) is 0 Å². The molecule has 1 N–H and O–H groups in total. The molecule has 0 spiro atoms. The Morgan fingerprint density at radius 2 is 1.03 bits per heavy atom. The number of Topliss-reactive ketones (excluding diaryl/α,β-unsaturated/α-hetero) is 1. The molecule has 0 aliphatic heterocycles. The van der Waals surface area contributed by atoms with Gasteiger partial charge < -0.3 is 5.11 Å². The van der Waals surface area contributed by atoms with Gasteiger partial charge in [-0.3, -0.25) is 4.79 Å². The van der Waals surface area contributed by atoms with Crippen LogP contribution in [-0.4, -0.2) is 10.9 Å². The van der Waals surface area contributed by atoms with Crippen molar-refractivity contribution in [1.29, 1.82) is 0 Å². The number of phenols is 1. The van der Waals surface area contributed by atoms with E-state index < -0.39 is 0 Å². The van der Waals surface area contributed by atoms with E-state index in [4.69, 9.17) is 0 Å². The van der Waals surface area contributed by atoms with Gasteiger partial charge in [-0.2, -0.15) is 0 Å². The standard InChI is InChI=1S/C30H46O2/c1-26(2,3)20-14-19(15-21(24(20)31)27(4,5)6)16-30(13)17-22(28(7,8)9)25(32)23(18-30)29(10,11)12/h14-15,17-18,31H,16H2,1-13H3. The summed E-state index contributed by atoms with van der Waals surface area (Å²) in [5.41, 5.74) is 3.92. The second-order valence-corrected chi connectivity index (χ2v) is 14.2. The highest BCUT2D eigenvalue weighted by Gasteiger charge is 2.39. The zero-order valence-electron chi connectivity index (χ0n) is 22.9. The third kappa shape index (κ3) is 5.56. The van der Waals surface area contributed by atoms with E-state index >= 15 is 0 Å². The zero-order chi connectivity index (χ0) is 25.1. The first-order chi connectivity index (χ1) is 14.1. The van der Waals surface area contributed by atoms with Crippen LogP contribution in [-0.2, 0) is 22.0 Å². The van der Waals surface area contributed by atoms with Crippen molar-refractivity contribution in [2.24, 2.45) is 16.2 Å². The van der Waals surface area contributed by atoms with Crippen molar-refractivity contribution in [3.63, 3.8) is 0 Å². The summed E-state index contributed by atoms with van der Waals surface area (Å²) in [6.07, 6.45) is 5.18. The molecule has 1 aliphatic rings. The van der Waals surface area contributed by atoms with Crippen LogP contribution in [0.2, 0.25) is 0 Å². The van der Waals surface area contributed by atoms with Crippen LogP contribution in [0.15, 0.2) is 35.4 Å². The molecule has 0 fully saturated rings. The number of rotatable bonds is 2. The van der Waals surface area contributed by atoms with Crippen LogP contribution < -0.4 is 0 Å². The molecule has 0 aromatic heterocycles. The van der Waals surface area contributed by atoms with Crippen molar-refractivity contribution < 1.29 is 9.90 Å². The molecular formula is C30H46O2. The average Bonchev–Trinajstić information content (AvgIpc) is 2.54. The summed E-state index contributed by atoms with van der Waals surface area (Å²) < 4.78 is 0. The molecule has 0 saturated heterocycles. The van der Waals surface area contributed by atoms with Crippen LogP contribution in [0.1, 0.15) is 107 Å². The van der Waals surface area contributed by atoms with Gasteiger partial charge in [-0.1, -0.05) is 114 Å². The lowest BCUT2D eigenvalue weighted by Gasteiger charge is -2.38. The highest BCUT2D eigenvalue weighted by atomic mass is 16.3. The monoisotopic (exact) mass is 438 g/mol. The third-order valence-corrected chi connectivity index (χ3v) is 6.42. The number of carbonyl (C=O) groups is 1. The van der Waals surface area contributed by atoms with E-state index in [2.05, 4.69) is 114 Å². The molecule has 2 heteroatoms. The minimum Gasteiger partial charge on any atom is -0.507 e. The van der Waals surface area contributed by atoms with E-state index in [1.165, 1.54) is 5.56 Å². The van der Waals surface area contributed by atoms with Crippen LogP contribution in [0.4, 0.5) is 0 Å². The molecule has 0 radical (unpaired) electrons. The first kappa shape index (κ1) is 26.4. The minimum absolute atomic E-state index is 0.164. The number of hydrogen-bond donors (Lipinski definition) is 1. The number of phenolic OH excluding ortho intramolecular Hbond substituents is 1. The van der Waals surface area contributed by atoms with Crippen LogP contribution in [0.3, 0.4) is 0 Å². The van der Waals surface area contributed by atoms with Gasteiger partial charge in [0.15, 0.2) is 5.78 Å². The largest absolute Gasteiger partial charge is 0.507 e. The molecule has 32 heavy (non-hydrogen) atoms. The van der Waals surface area contributed by atoms with Gasteiger partial charge in [0.2, 0.25) is 0 Å². The van der Waals surface area contributed by atoms with Gasteiger partial charge in [0.1, 0.15) is 5.75 Å². The molecule has 178 valence electrons. The first-order valence-electron chi connectivity index (χ1n) is 11.9. The summed E-state index contributed by atoms with van der Waals surface area (Å²) in [6.45, 7) is 27.9. The molecular weight excluding hydrogens is 392 g/mol. The van der Waals surface area contributed by atoms with E-state index in [9.17, 15) is 9.90 Å². The molecule has 0 bridgehead atoms. The van der Waals surface area contributed by atoms with E-state index in [0.717, 1.165) is 28.7 Å². The van der Waals surface area contributed by atoms with Crippen LogP contribution in [0, 0.1) is 16.2 Å². The molecule has 0 heterocycles. The first-order valence-corrected chi connectivity index (χ1v) is 11.9. The molecule has 1 aromatic rings. The normalized spacial score (nSPS) is 17.8. The Hall–Kier alpha value is -1.83. The summed E-state index contributed by atoms with van der Waals surface area (Å²) >= 11 is 0. The Bertz CT molecular complexity index is 889. The fourth-order valence-corrected chi connectivity index (χ4v) is 4.57. The van der Waals surface area contributed by atoms with Crippen molar-refractivity contribution >= 4 is 5.78 Å². The highest BCUT2D eigenvalue weighted by Crippen LogP contribution is 2.46. The Morgan fingerprint density at radius 3 is 1.31 bits per heavy atom. The minimum atomic E-state index is -0.277. The summed E-state index contributed by atoms with van der Waals surface area (Å²) in [5, 5.41) is 11.1. The van der Waals surface area contributed by atoms with Gasteiger partial charge >= 0.3 is 0 Å². The highest BCUT2D eigenvalue weighted by molar-refractivity contribution is 6.10. The lowest BCUT2D eigenvalue weighted by molar-refractivity contribution is -0.114.